The highest BCUT2D eigenvalue weighted by Gasteiger charge is 2.70. The molecule has 0 aromatic carbocycles. The minimum atomic E-state index is -5.78. The fraction of sp³-hybridized carbons (Fsp3) is 0.833. The molecule has 0 aromatic heterocycles. The van der Waals surface area contributed by atoms with Crippen LogP contribution < -0.4 is 0 Å². The molecule has 0 bridgehead atoms. The molecule has 0 aliphatic heterocycles. The van der Waals surface area contributed by atoms with Crippen LogP contribution in [0.3, 0.4) is 0 Å². The van der Waals surface area contributed by atoms with E-state index in [0.29, 0.717) is 6.42 Å². The number of rotatable bonds is 6. The zero-order chi connectivity index (χ0) is 16.2. The van der Waals surface area contributed by atoms with Crippen LogP contribution in [-0.2, 0) is 0 Å². The number of alkyl halides is 6. The quantitative estimate of drug-likeness (QED) is 0.599. The first-order valence-electron chi connectivity index (χ1n) is 6.08. The van der Waals surface area contributed by atoms with Gasteiger partial charge in [-0.1, -0.05) is 12.2 Å². The molecule has 0 rings (SSSR count). The molecule has 0 aliphatic carbocycles. The van der Waals surface area contributed by atoms with E-state index in [2.05, 4.69) is 0 Å². The summed E-state index contributed by atoms with van der Waals surface area (Å²) in [5.74, 6) is 0. The molecule has 0 atom stereocenters. The topological polar surface area (TPSA) is 23.5 Å². The molecule has 20 heavy (non-hydrogen) atoms. The van der Waals surface area contributed by atoms with Gasteiger partial charge in [-0.3, -0.25) is 4.90 Å². The van der Waals surface area contributed by atoms with Gasteiger partial charge in [0.25, 0.3) is 5.60 Å². The van der Waals surface area contributed by atoms with Crippen molar-refractivity contribution in [2.75, 3.05) is 13.1 Å². The summed E-state index contributed by atoms with van der Waals surface area (Å²) in [6, 6.07) is -0.559. The number of allylic oxidation sites excluding steroid dienone is 1. The SMILES string of the molecule is C/C=C/CCN(CC(O)(C(F)(F)F)C(F)(F)F)C(C)C. The van der Waals surface area contributed by atoms with Gasteiger partial charge in [-0.25, -0.2) is 0 Å². The van der Waals surface area contributed by atoms with Crippen molar-refractivity contribution in [3.63, 3.8) is 0 Å². The molecule has 0 spiro atoms. The normalized spacial score (nSPS) is 14.8. The number of nitrogens with zero attached hydrogens (tertiary/aromatic N) is 1. The Kier molecular flexibility index (Phi) is 6.54. The minimum Gasteiger partial charge on any atom is -0.373 e. The van der Waals surface area contributed by atoms with E-state index in [9.17, 15) is 26.3 Å². The molecular formula is C12H19F6NO. The third-order valence-corrected chi connectivity index (χ3v) is 2.92. The first kappa shape index (κ1) is 19.2. The smallest absolute Gasteiger partial charge is 0.373 e. The van der Waals surface area contributed by atoms with E-state index in [4.69, 9.17) is 5.11 Å². The zero-order valence-electron chi connectivity index (χ0n) is 11.5. The van der Waals surface area contributed by atoms with Gasteiger partial charge in [0.2, 0.25) is 0 Å². The molecule has 0 unspecified atom stereocenters. The van der Waals surface area contributed by atoms with Crippen LogP contribution >= 0.6 is 0 Å². The second-order valence-corrected chi connectivity index (χ2v) is 4.78. The van der Waals surface area contributed by atoms with E-state index in [0.717, 1.165) is 4.90 Å². The summed E-state index contributed by atoms with van der Waals surface area (Å²) >= 11 is 0. The van der Waals surface area contributed by atoms with Crippen molar-refractivity contribution in [1.29, 1.82) is 0 Å². The molecule has 0 aromatic rings. The van der Waals surface area contributed by atoms with Crippen molar-refractivity contribution < 1.29 is 31.4 Å². The van der Waals surface area contributed by atoms with Crippen LogP contribution in [-0.4, -0.2) is 47.1 Å². The Morgan fingerprint density at radius 1 is 1.05 bits per heavy atom. The molecule has 0 fully saturated rings. The van der Waals surface area contributed by atoms with Crippen molar-refractivity contribution in [2.24, 2.45) is 0 Å². The largest absolute Gasteiger partial charge is 0.427 e. The van der Waals surface area contributed by atoms with Crippen molar-refractivity contribution in [1.82, 2.24) is 4.90 Å². The van der Waals surface area contributed by atoms with E-state index < -0.39 is 30.5 Å². The Labute approximate surface area is 114 Å². The van der Waals surface area contributed by atoms with Crippen LogP contribution in [0.1, 0.15) is 27.2 Å². The standard InChI is InChI=1S/C12H19F6NO/c1-4-5-6-7-19(9(2)3)8-10(20,11(13,14)15)12(16,17)18/h4-5,9,20H,6-8H2,1-3H3/b5-4+. The fourth-order valence-corrected chi connectivity index (χ4v) is 1.56. The predicted molar refractivity (Wildman–Crippen MR) is 63.2 cm³/mol. The zero-order valence-corrected chi connectivity index (χ0v) is 11.5. The van der Waals surface area contributed by atoms with Gasteiger partial charge in [-0.15, -0.1) is 0 Å². The molecule has 120 valence electrons. The summed E-state index contributed by atoms with van der Waals surface area (Å²) in [5.41, 5.74) is -4.72. The van der Waals surface area contributed by atoms with E-state index >= 15 is 0 Å². The summed E-state index contributed by atoms with van der Waals surface area (Å²) in [5, 5.41) is 9.15. The molecule has 0 saturated carbocycles. The lowest BCUT2D eigenvalue weighted by molar-refractivity contribution is -0.371. The summed E-state index contributed by atoms with van der Waals surface area (Å²) in [7, 11) is 0. The Hall–Kier alpha value is -0.760. The molecule has 8 heteroatoms. The number of aliphatic hydroxyl groups is 1. The molecule has 0 aliphatic rings. The summed E-state index contributed by atoms with van der Waals surface area (Å²) in [6.07, 6.45) is -7.97. The maximum absolute atomic E-state index is 12.6. The van der Waals surface area contributed by atoms with Crippen LogP contribution in [0.4, 0.5) is 26.3 Å². The highest BCUT2D eigenvalue weighted by atomic mass is 19.4. The summed E-state index contributed by atoms with van der Waals surface area (Å²) in [4.78, 5) is 0.959. The average Bonchev–Trinajstić information content (AvgIpc) is 2.24. The minimum absolute atomic E-state index is 0.00350. The fourth-order valence-electron chi connectivity index (χ4n) is 1.56. The van der Waals surface area contributed by atoms with Gasteiger partial charge < -0.3 is 5.11 Å². The molecule has 1 N–H and O–H groups in total. The van der Waals surface area contributed by atoms with Crippen LogP contribution in [0.25, 0.3) is 0 Å². The van der Waals surface area contributed by atoms with Crippen molar-refractivity contribution >= 4 is 0 Å². The molecule has 0 heterocycles. The third-order valence-electron chi connectivity index (χ3n) is 2.92. The summed E-state index contributed by atoms with van der Waals surface area (Å²) in [6.45, 7) is 3.11. The summed E-state index contributed by atoms with van der Waals surface area (Å²) < 4.78 is 75.6. The number of halogens is 6. The first-order chi connectivity index (χ1) is 8.87. The van der Waals surface area contributed by atoms with Gasteiger partial charge in [0.1, 0.15) is 0 Å². The van der Waals surface area contributed by atoms with Crippen LogP contribution in [0.5, 0.6) is 0 Å². The number of hydrogen-bond acceptors (Lipinski definition) is 2. The first-order valence-corrected chi connectivity index (χ1v) is 6.08. The van der Waals surface area contributed by atoms with Gasteiger partial charge in [-0.2, -0.15) is 26.3 Å². The predicted octanol–water partition coefficient (Wildman–Crippen LogP) is 3.52. The van der Waals surface area contributed by atoms with Gasteiger partial charge in [0.15, 0.2) is 0 Å². The molecular weight excluding hydrogens is 288 g/mol. The van der Waals surface area contributed by atoms with E-state index in [1.807, 2.05) is 0 Å². The Morgan fingerprint density at radius 3 is 1.80 bits per heavy atom. The van der Waals surface area contributed by atoms with E-state index in [-0.39, 0.29) is 6.54 Å². The second kappa shape index (κ2) is 6.80. The van der Waals surface area contributed by atoms with Crippen molar-refractivity contribution in [2.45, 2.75) is 51.2 Å². The van der Waals surface area contributed by atoms with Crippen molar-refractivity contribution in [3.05, 3.63) is 12.2 Å². The van der Waals surface area contributed by atoms with Crippen molar-refractivity contribution in [3.8, 4) is 0 Å². The Bertz CT molecular complexity index is 307. The highest BCUT2D eigenvalue weighted by Crippen LogP contribution is 2.43. The lowest BCUT2D eigenvalue weighted by Gasteiger charge is -2.38. The van der Waals surface area contributed by atoms with Gasteiger partial charge in [0, 0.05) is 19.1 Å². The highest BCUT2D eigenvalue weighted by molar-refractivity contribution is 4.97. The van der Waals surface area contributed by atoms with E-state index in [1.165, 1.54) is 13.8 Å². The molecule has 2 nitrogen and oxygen atoms in total. The van der Waals surface area contributed by atoms with Gasteiger partial charge in [-0.05, 0) is 27.2 Å². The van der Waals surface area contributed by atoms with Crippen LogP contribution in [0.2, 0.25) is 0 Å². The van der Waals surface area contributed by atoms with Gasteiger partial charge in [0.05, 0.1) is 0 Å². The molecule has 0 radical (unpaired) electrons. The van der Waals surface area contributed by atoms with Crippen LogP contribution in [0.15, 0.2) is 12.2 Å². The second-order valence-electron chi connectivity index (χ2n) is 4.78. The molecule has 0 amide bonds. The lowest BCUT2D eigenvalue weighted by atomic mass is 10.0. The lowest BCUT2D eigenvalue weighted by Crippen LogP contribution is -2.63. The maximum Gasteiger partial charge on any atom is 0.427 e. The van der Waals surface area contributed by atoms with Gasteiger partial charge >= 0.3 is 12.4 Å². The number of hydrogen-bond donors (Lipinski definition) is 1. The third kappa shape index (κ3) is 4.66. The monoisotopic (exact) mass is 307 g/mol. The Morgan fingerprint density at radius 2 is 1.50 bits per heavy atom. The maximum atomic E-state index is 12.6. The van der Waals surface area contributed by atoms with Crippen LogP contribution in [0, 0.1) is 0 Å². The molecule has 0 saturated heterocycles. The van der Waals surface area contributed by atoms with E-state index in [1.54, 1.807) is 19.1 Å². The average molecular weight is 307 g/mol. The Balaban J connectivity index is 5.21.